The average Bonchev–Trinajstić information content (AvgIpc) is 2.76. The van der Waals surface area contributed by atoms with Gasteiger partial charge in [0, 0.05) is 16.5 Å². The number of para-hydroxylation sites is 1. The predicted octanol–water partition coefficient (Wildman–Crippen LogP) is 2.00. The molecule has 7 nitrogen and oxygen atoms in total. The van der Waals surface area contributed by atoms with Crippen LogP contribution in [0.25, 0.3) is 6.08 Å². The fraction of sp³-hybridized carbons (Fsp3) is 0.200. The summed E-state index contributed by atoms with van der Waals surface area (Å²) < 4.78 is 31.6. The van der Waals surface area contributed by atoms with E-state index in [0.717, 1.165) is 0 Å². The third-order valence-corrected chi connectivity index (χ3v) is 5.98. The minimum atomic E-state index is -4.05. The maximum atomic E-state index is 13.0. The van der Waals surface area contributed by atoms with E-state index in [-0.39, 0.29) is 15.7 Å². The number of rotatable bonds is 2. The largest absolute Gasteiger partial charge is 0.445 e. The van der Waals surface area contributed by atoms with Crippen molar-refractivity contribution >= 4 is 27.5 Å². The van der Waals surface area contributed by atoms with E-state index < -0.39 is 16.0 Å². The van der Waals surface area contributed by atoms with Gasteiger partial charge in [0.1, 0.15) is 15.6 Å². The first-order valence-corrected chi connectivity index (χ1v) is 8.36. The molecule has 0 saturated heterocycles. The van der Waals surface area contributed by atoms with Gasteiger partial charge in [0.15, 0.2) is 0 Å². The number of nitrogens with zero attached hydrogens (tertiary/aromatic N) is 1. The summed E-state index contributed by atoms with van der Waals surface area (Å²) in [7, 11) is -4.05. The van der Waals surface area contributed by atoms with E-state index in [1.54, 1.807) is 38.1 Å². The first-order chi connectivity index (χ1) is 10.7. The van der Waals surface area contributed by atoms with Gasteiger partial charge in [-0.25, -0.2) is 8.42 Å². The van der Waals surface area contributed by atoms with Crippen LogP contribution >= 0.6 is 0 Å². The molecule has 0 saturated carbocycles. The van der Waals surface area contributed by atoms with Crippen molar-refractivity contribution in [2.75, 3.05) is 5.73 Å². The number of fused-ring (bicyclic) bond motifs is 1. The number of furan rings is 1. The van der Waals surface area contributed by atoms with Crippen LogP contribution in [0.3, 0.4) is 0 Å². The third kappa shape index (κ3) is 2.18. The van der Waals surface area contributed by atoms with Gasteiger partial charge in [-0.2, -0.15) is 0 Å². The molecule has 23 heavy (non-hydrogen) atoms. The molecule has 0 spiro atoms. The summed E-state index contributed by atoms with van der Waals surface area (Å²) in [6.07, 6.45) is 0.0641. The maximum Gasteiger partial charge on any atom is 0.296 e. The van der Waals surface area contributed by atoms with Crippen molar-refractivity contribution in [1.82, 2.24) is 0 Å². The number of anilines is 1. The summed E-state index contributed by atoms with van der Waals surface area (Å²) in [5, 5.41) is 0. The van der Waals surface area contributed by atoms with Crippen LogP contribution in [-0.4, -0.2) is 19.3 Å². The number of hydrogen-bond donors (Lipinski definition) is 2. The Hall–Kier alpha value is -2.45. The first-order valence-electron chi connectivity index (χ1n) is 6.88. The smallest absolute Gasteiger partial charge is 0.296 e. The highest BCUT2D eigenvalue weighted by Gasteiger charge is 2.43. The van der Waals surface area contributed by atoms with E-state index in [4.69, 9.17) is 15.9 Å². The molecule has 2 aromatic rings. The van der Waals surface area contributed by atoms with Crippen LogP contribution in [0, 0.1) is 18.8 Å². The Morgan fingerprint density at radius 1 is 1.22 bits per heavy atom. The standard InChI is InChI=1S/C15H16N3O4S/c1-8-9(2)22-15(17)13(8)23(20,21)12-7-10-5-3-4-6-11(10)18(19)14(12)16/h3-7,14H,16-17H2,1-2H3/q+1. The highest BCUT2D eigenvalue weighted by atomic mass is 32.2. The lowest BCUT2D eigenvalue weighted by Crippen LogP contribution is -2.37. The number of sulfone groups is 1. The Morgan fingerprint density at radius 3 is 2.48 bits per heavy atom. The molecule has 1 aliphatic heterocycles. The van der Waals surface area contributed by atoms with Crippen LogP contribution in [0.2, 0.25) is 0 Å². The SMILES string of the molecule is Cc1oc(N)c(S(=O)(=O)C2=Cc3ccccc3[N+](=O)C2N)c1C. The number of nitrogens with two attached hydrogens (primary N) is 2. The zero-order valence-corrected chi connectivity index (χ0v) is 13.4. The molecule has 1 aromatic heterocycles. The molecule has 2 heterocycles. The number of aryl methyl sites for hydroxylation is 1. The molecule has 1 aliphatic rings. The summed E-state index contributed by atoms with van der Waals surface area (Å²) in [6, 6.07) is 6.64. The second-order valence-electron chi connectivity index (χ2n) is 5.36. The van der Waals surface area contributed by atoms with Crippen molar-refractivity contribution < 1.29 is 17.6 Å². The first kappa shape index (κ1) is 15.4. The highest BCUT2D eigenvalue weighted by Crippen LogP contribution is 2.38. The number of nitroso groups, excluding NO2 is 1. The molecule has 1 aromatic carbocycles. The number of benzene rings is 1. The van der Waals surface area contributed by atoms with Crippen LogP contribution in [0.15, 0.2) is 38.5 Å². The second kappa shape index (κ2) is 5.04. The monoisotopic (exact) mass is 334 g/mol. The van der Waals surface area contributed by atoms with Crippen molar-refractivity contribution in [1.29, 1.82) is 0 Å². The summed E-state index contributed by atoms with van der Waals surface area (Å²) in [4.78, 5) is 12.0. The Balaban J connectivity index is 2.25. The average molecular weight is 334 g/mol. The van der Waals surface area contributed by atoms with Gasteiger partial charge >= 0.3 is 0 Å². The Kier molecular flexibility index (Phi) is 3.38. The van der Waals surface area contributed by atoms with E-state index in [1.807, 2.05) is 0 Å². The molecule has 0 fully saturated rings. The Labute approximate surface area is 133 Å². The van der Waals surface area contributed by atoms with Gasteiger partial charge in [0.05, 0.1) is 10.3 Å². The fourth-order valence-electron chi connectivity index (χ4n) is 2.64. The summed E-state index contributed by atoms with van der Waals surface area (Å²) in [5.41, 5.74) is 12.8. The lowest BCUT2D eigenvalue weighted by Gasteiger charge is -2.15. The van der Waals surface area contributed by atoms with Gasteiger partial charge in [-0.05, 0) is 26.0 Å². The lowest BCUT2D eigenvalue weighted by atomic mass is 10.1. The van der Waals surface area contributed by atoms with Gasteiger partial charge in [-0.3, -0.25) is 5.73 Å². The Morgan fingerprint density at radius 2 is 1.87 bits per heavy atom. The second-order valence-corrected chi connectivity index (χ2v) is 7.24. The van der Waals surface area contributed by atoms with Crippen molar-refractivity contribution in [2.24, 2.45) is 5.73 Å². The Bertz CT molecular complexity index is 957. The zero-order chi connectivity index (χ0) is 16.9. The molecule has 0 radical (unpaired) electrons. The van der Waals surface area contributed by atoms with Gasteiger partial charge in [-0.1, -0.05) is 12.1 Å². The zero-order valence-electron chi connectivity index (χ0n) is 12.6. The van der Waals surface area contributed by atoms with Crippen molar-refractivity contribution in [3.05, 3.63) is 51.0 Å². The summed E-state index contributed by atoms with van der Waals surface area (Å²) >= 11 is 0. The van der Waals surface area contributed by atoms with E-state index >= 15 is 0 Å². The van der Waals surface area contributed by atoms with Crippen LogP contribution < -0.4 is 11.5 Å². The summed E-state index contributed by atoms with van der Waals surface area (Å²) in [5.74, 6) is 0.204. The van der Waals surface area contributed by atoms with Gasteiger partial charge < -0.3 is 10.2 Å². The van der Waals surface area contributed by atoms with E-state index in [0.29, 0.717) is 27.3 Å². The van der Waals surface area contributed by atoms with Gasteiger partial charge in [-0.15, -0.1) is 0 Å². The van der Waals surface area contributed by atoms with Crippen molar-refractivity contribution in [2.45, 2.75) is 24.9 Å². The van der Waals surface area contributed by atoms with E-state index in [2.05, 4.69) is 0 Å². The third-order valence-electron chi connectivity index (χ3n) is 3.95. The molecule has 4 N–H and O–H groups in total. The molecule has 8 heteroatoms. The molecule has 0 aliphatic carbocycles. The normalized spacial score (nSPS) is 17.8. The van der Waals surface area contributed by atoms with E-state index in [1.165, 1.54) is 6.08 Å². The number of hydrogen-bond acceptors (Lipinski definition) is 6. The van der Waals surface area contributed by atoms with Gasteiger partial charge in [0.2, 0.25) is 15.7 Å². The molecule has 120 valence electrons. The van der Waals surface area contributed by atoms with Crippen molar-refractivity contribution in [3.63, 3.8) is 0 Å². The van der Waals surface area contributed by atoms with Crippen LogP contribution in [-0.2, 0) is 9.84 Å². The predicted molar refractivity (Wildman–Crippen MR) is 85.5 cm³/mol. The minimum absolute atomic E-state index is 0.135. The lowest BCUT2D eigenvalue weighted by molar-refractivity contribution is -0.494. The quantitative estimate of drug-likeness (QED) is 0.811. The number of nitrogen functional groups attached to an aromatic ring is 1. The molecule has 1 unspecified atom stereocenters. The molecular formula is C15H16N3O4S+. The molecule has 3 rings (SSSR count). The van der Waals surface area contributed by atoms with Crippen LogP contribution in [0.1, 0.15) is 16.9 Å². The molecular weight excluding hydrogens is 318 g/mol. The molecule has 1 atom stereocenters. The summed E-state index contributed by atoms with van der Waals surface area (Å²) in [6.45, 7) is 3.22. The molecule has 0 amide bonds. The van der Waals surface area contributed by atoms with Gasteiger partial charge in [0.25, 0.3) is 11.9 Å². The van der Waals surface area contributed by atoms with Crippen LogP contribution in [0.5, 0.6) is 0 Å². The molecule has 0 bridgehead atoms. The topological polar surface area (TPSA) is 119 Å². The van der Waals surface area contributed by atoms with Crippen molar-refractivity contribution in [3.8, 4) is 0 Å². The maximum absolute atomic E-state index is 13.0. The highest BCUT2D eigenvalue weighted by molar-refractivity contribution is 7.95. The van der Waals surface area contributed by atoms with E-state index in [9.17, 15) is 13.3 Å². The van der Waals surface area contributed by atoms with Crippen LogP contribution in [0.4, 0.5) is 11.6 Å². The fourth-order valence-corrected chi connectivity index (χ4v) is 4.42. The minimum Gasteiger partial charge on any atom is -0.445 e.